The smallest absolute Gasteiger partial charge is 0.191 e. The Kier molecular flexibility index (Phi) is 9.52. The standard InChI is InChI=1S/C21H25FN6O.HI/c1-16(29-20-8-6-19(22)7-9-20)11-25-21(23-2)26-12-17-4-3-5-18(10-17)13-28-15-24-14-27-28;/h3-10,14-16H,11-13H2,1-2H3,(H2,23,25,26);1H. The number of halogens is 2. The first kappa shape index (κ1) is 23.6. The van der Waals surface area contributed by atoms with E-state index in [9.17, 15) is 4.39 Å². The largest absolute Gasteiger partial charge is 0.489 e. The molecule has 0 spiro atoms. The number of guanidine groups is 1. The van der Waals surface area contributed by atoms with Crippen LogP contribution in [-0.4, -0.2) is 40.4 Å². The number of rotatable bonds is 8. The zero-order valence-corrected chi connectivity index (χ0v) is 19.3. The Labute approximate surface area is 192 Å². The van der Waals surface area contributed by atoms with Crippen molar-refractivity contribution in [2.45, 2.75) is 26.1 Å². The van der Waals surface area contributed by atoms with Crippen molar-refractivity contribution in [3.05, 3.63) is 78.1 Å². The fourth-order valence-corrected chi connectivity index (χ4v) is 2.77. The number of nitrogens with zero attached hydrogens (tertiary/aromatic N) is 4. The van der Waals surface area contributed by atoms with Gasteiger partial charge in [-0.3, -0.25) is 4.99 Å². The molecule has 9 heteroatoms. The van der Waals surface area contributed by atoms with Gasteiger partial charge in [0.1, 0.15) is 30.3 Å². The number of aromatic nitrogens is 3. The van der Waals surface area contributed by atoms with E-state index in [2.05, 4.69) is 43.9 Å². The molecule has 0 aliphatic rings. The molecule has 1 aromatic heterocycles. The second kappa shape index (κ2) is 12.1. The van der Waals surface area contributed by atoms with Crippen molar-refractivity contribution in [2.75, 3.05) is 13.6 Å². The van der Waals surface area contributed by atoms with Crippen molar-refractivity contribution in [1.82, 2.24) is 25.4 Å². The molecule has 0 bridgehead atoms. The minimum absolute atomic E-state index is 0. The van der Waals surface area contributed by atoms with Crippen molar-refractivity contribution >= 4 is 29.9 Å². The van der Waals surface area contributed by atoms with E-state index in [1.165, 1.54) is 18.5 Å². The highest BCUT2D eigenvalue weighted by Crippen LogP contribution is 2.12. The van der Waals surface area contributed by atoms with Crippen LogP contribution in [0.5, 0.6) is 5.75 Å². The molecule has 0 saturated heterocycles. The molecule has 0 amide bonds. The number of hydrogen-bond acceptors (Lipinski definition) is 4. The predicted molar refractivity (Wildman–Crippen MR) is 126 cm³/mol. The summed E-state index contributed by atoms with van der Waals surface area (Å²) in [6.07, 6.45) is 3.12. The summed E-state index contributed by atoms with van der Waals surface area (Å²) >= 11 is 0. The maximum atomic E-state index is 13.0. The highest BCUT2D eigenvalue weighted by atomic mass is 127. The monoisotopic (exact) mass is 524 g/mol. The second-order valence-electron chi connectivity index (χ2n) is 6.60. The Morgan fingerprint density at radius 1 is 1.17 bits per heavy atom. The summed E-state index contributed by atoms with van der Waals surface area (Å²) < 4.78 is 20.5. The number of benzene rings is 2. The van der Waals surface area contributed by atoms with E-state index >= 15 is 0 Å². The summed E-state index contributed by atoms with van der Waals surface area (Å²) in [6, 6.07) is 14.3. The number of ether oxygens (including phenoxy) is 1. The number of nitrogens with one attached hydrogen (secondary N) is 2. The Hall–Kier alpha value is -2.69. The van der Waals surface area contributed by atoms with E-state index in [0.717, 1.165) is 11.1 Å². The minimum atomic E-state index is -0.280. The fraction of sp³-hybridized carbons (Fsp3) is 0.286. The van der Waals surface area contributed by atoms with Crippen LogP contribution in [0.1, 0.15) is 18.1 Å². The van der Waals surface area contributed by atoms with Crippen LogP contribution in [0.25, 0.3) is 0 Å². The molecule has 0 saturated carbocycles. The zero-order chi connectivity index (χ0) is 20.5. The van der Waals surface area contributed by atoms with Crippen molar-refractivity contribution < 1.29 is 9.13 Å². The summed E-state index contributed by atoms with van der Waals surface area (Å²) in [5.74, 6) is 1.03. The molecule has 0 aliphatic heterocycles. The lowest BCUT2D eigenvalue weighted by Crippen LogP contribution is -2.41. The maximum Gasteiger partial charge on any atom is 0.191 e. The van der Waals surface area contributed by atoms with Crippen LogP contribution in [0, 0.1) is 5.82 Å². The SMILES string of the molecule is CN=C(NCc1cccc(Cn2cncn2)c1)NCC(C)Oc1ccc(F)cc1.I. The quantitative estimate of drug-likeness (QED) is 0.269. The van der Waals surface area contributed by atoms with Crippen LogP contribution in [0.4, 0.5) is 4.39 Å². The number of aliphatic imine (C=N–C) groups is 1. The molecule has 1 atom stereocenters. The van der Waals surface area contributed by atoms with Crippen LogP contribution in [0.2, 0.25) is 0 Å². The van der Waals surface area contributed by atoms with Crippen LogP contribution < -0.4 is 15.4 Å². The van der Waals surface area contributed by atoms with E-state index in [4.69, 9.17) is 4.74 Å². The molecular formula is C21H26FIN6O. The van der Waals surface area contributed by atoms with Gasteiger partial charge in [-0.15, -0.1) is 24.0 Å². The van der Waals surface area contributed by atoms with Crippen molar-refractivity contribution in [3.8, 4) is 5.75 Å². The summed E-state index contributed by atoms with van der Waals surface area (Å²) in [6.45, 7) is 3.82. The molecule has 1 unspecified atom stereocenters. The van der Waals surface area contributed by atoms with Gasteiger partial charge in [0.2, 0.25) is 0 Å². The minimum Gasteiger partial charge on any atom is -0.489 e. The van der Waals surface area contributed by atoms with E-state index in [-0.39, 0.29) is 35.9 Å². The third kappa shape index (κ3) is 7.62. The Balaban J connectivity index is 0.00000320. The van der Waals surface area contributed by atoms with Gasteiger partial charge in [-0.1, -0.05) is 24.3 Å². The Morgan fingerprint density at radius 3 is 2.63 bits per heavy atom. The molecule has 1 heterocycles. The van der Waals surface area contributed by atoms with Crippen LogP contribution in [0.15, 0.2) is 66.2 Å². The van der Waals surface area contributed by atoms with Gasteiger partial charge in [0, 0.05) is 13.6 Å². The summed E-state index contributed by atoms with van der Waals surface area (Å²) in [4.78, 5) is 8.21. The van der Waals surface area contributed by atoms with Crippen LogP contribution >= 0.6 is 24.0 Å². The lowest BCUT2D eigenvalue weighted by atomic mass is 10.1. The van der Waals surface area contributed by atoms with E-state index in [1.54, 1.807) is 30.2 Å². The first-order valence-corrected chi connectivity index (χ1v) is 9.39. The molecule has 2 aromatic carbocycles. The van der Waals surface area contributed by atoms with Gasteiger partial charge < -0.3 is 15.4 Å². The van der Waals surface area contributed by atoms with Gasteiger partial charge in [-0.25, -0.2) is 14.1 Å². The van der Waals surface area contributed by atoms with Gasteiger partial charge in [0.25, 0.3) is 0 Å². The molecule has 0 radical (unpaired) electrons. The normalized spacial score (nSPS) is 12.0. The lowest BCUT2D eigenvalue weighted by Gasteiger charge is -2.18. The average molecular weight is 524 g/mol. The molecule has 30 heavy (non-hydrogen) atoms. The second-order valence-corrected chi connectivity index (χ2v) is 6.60. The highest BCUT2D eigenvalue weighted by molar-refractivity contribution is 14.0. The first-order valence-electron chi connectivity index (χ1n) is 9.39. The van der Waals surface area contributed by atoms with Crippen LogP contribution in [-0.2, 0) is 13.1 Å². The first-order chi connectivity index (χ1) is 14.1. The Morgan fingerprint density at radius 2 is 1.93 bits per heavy atom. The summed E-state index contributed by atoms with van der Waals surface area (Å²) in [5, 5.41) is 10.7. The van der Waals surface area contributed by atoms with Gasteiger partial charge in [-0.2, -0.15) is 5.10 Å². The maximum absolute atomic E-state index is 13.0. The topological polar surface area (TPSA) is 76.4 Å². The molecule has 7 nitrogen and oxygen atoms in total. The van der Waals surface area contributed by atoms with Gasteiger partial charge >= 0.3 is 0 Å². The predicted octanol–water partition coefficient (Wildman–Crippen LogP) is 3.22. The lowest BCUT2D eigenvalue weighted by molar-refractivity contribution is 0.223. The van der Waals surface area contributed by atoms with Gasteiger partial charge in [0.15, 0.2) is 5.96 Å². The highest BCUT2D eigenvalue weighted by Gasteiger charge is 2.06. The van der Waals surface area contributed by atoms with E-state index < -0.39 is 0 Å². The van der Waals surface area contributed by atoms with Crippen LogP contribution in [0.3, 0.4) is 0 Å². The molecule has 160 valence electrons. The van der Waals surface area contributed by atoms with E-state index in [0.29, 0.717) is 31.3 Å². The average Bonchev–Trinajstić information content (AvgIpc) is 3.23. The molecule has 3 rings (SSSR count). The fourth-order valence-electron chi connectivity index (χ4n) is 2.77. The molecule has 0 fully saturated rings. The summed E-state index contributed by atoms with van der Waals surface area (Å²) in [5.41, 5.74) is 2.29. The molecule has 2 N–H and O–H groups in total. The number of hydrogen-bond donors (Lipinski definition) is 2. The van der Waals surface area contributed by atoms with E-state index in [1.807, 2.05) is 13.0 Å². The molecule has 3 aromatic rings. The molecule has 0 aliphatic carbocycles. The van der Waals surface area contributed by atoms with Crippen molar-refractivity contribution in [3.63, 3.8) is 0 Å². The van der Waals surface area contributed by atoms with Crippen molar-refractivity contribution in [2.24, 2.45) is 4.99 Å². The Bertz CT molecular complexity index is 918. The van der Waals surface area contributed by atoms with Crippen molar-refractivity contribution in [1.29, 1.82) is 0 Å². The third-order valence-electron chi connectivity index (χ3n) is 4.19. The van der Waals surface area contributed by atoms with Gasteiger partial charge in [-0.05, 0) is 42.3 Å². The van der Waals surface area contributed by atoms with Gasteiger partial charge in [0.05, 0.1) is 13.1 Å². The molecular weight excluding hydrogens is 498 g/mol. The third-order valence-corrected chi connectivity index (χ3v) is 4.19. The zero-order valence-electron chi connectivity index (χ0n) is 17.0. The summed E-state index contributed by atoms with van der Waals surface area (Å²) in [7, 11) is 1.72.